The topological polar surface area (TPSA) is 72.5 Å². The molecule has 1 fully saturated rings. The van der Waals surface area contributed by atoms with Gasteiger partial charge < -0.3 is 10.1 Å². The second-order valence-electron chi connectivity index (χ2n) is 5.31. The molecule has 5 nitrogen and oxygen atoms in total. The summed E-state index contributed by atoms with van der Waals surface area (Å²) in [5.74, 6) is -0.0981. The number of nitrogens with one attached hydrogen (secondary N) is 1. The zero-order valence-electron chi connectivity index (χ0n) is 11.3. The molecule has 2 bridgehead atoms. The van der Waals surface area contributed by atoms with Gasteiger partial charge >= 0.3 is 5.97 Å². The predicted octanol–water partition coefficient (Wildman–Crippen LogP) is 0.980. The summed E-state index contributed by atoms with van der Waals surface area (Å²) < 4.78 is 4.53. The van der Waals surface area contributed by atoms with Crippen molar-refractivity contribution in [2.24, 2.45) is 11.8 Å². The minimum atomic E-state index is -0.792. The molecular weight excluding hydrogens is 246 g/mol. The number of Topliss-reactive ketones (excluding diaryl/α,β-unsaturated/α-hetero) is 1. The second-order valence-corrected chi connectivity index (χ2v) is 5.31. The number of carbonyl (C=O) groups is 3. The maximum Gasteiger partial charge on any atom is 0.308 e. The highest BCUT2D eigenvalue weighted by atomic mass is 16.5. The largest absolute Gasteiger partial charge is 0.469 e. The number of amides is 1. The van der Waals surface area contributed by atoms with E-state index in [0.717, 1.165) is 24.8 Å². The Balaban J connectivity index is 1.97. The standard InChI is InChI=1S/C14H19NO4/c1-8(16)12(7-13(17)19-2)15-14(18)11-6-9-3-4-10(11)5-9/h6,9-10,12H,3-5,7H2,1-2H3,(H,15,18). The molecule has 5 heteroatoms. The fourth-order valence-corrected chi connectivity index (χ4v) is 2.89. The van der Waals surface area contributed by atoms with E-state index in [1.165, 1.54) is 14.0 Å². The number of hydrogen-bond donors (Lipinski definition) is 1. The molecule has 1 amide bonds. The van der Waals surface area contributed by atoms with E-state index in [0.29, 0.717) is 11.8 Å². The lowest BCUT2D eigenvalue weighted by Crippen LogP contribution is -2.42. The third-order valence-electron chi connectivity index (χ3n) is 3.98. The molecule has 2 aliphatic carbocycles. The number of carbonyl (C=O) groups excluding carboxylic acids is 3. The molecule has 0 radical (unpaired) electrons. The van der Waals surface area contributed by atoms with E-state index >= 15 is 0 Å². The number of allylic oxidation sites excluding steroid dienone is 1. The summed E-state index contributed by atoms with van der Waals surface area (Å²) in [6, 6.07) is -0.792. The van der Waals surface area contributed by atoms with Gasteiger partial charge in [0.05, 0.1) is 19.6 Å². The molecule has 0 heterocycles. The van der Waals surface area contributed by atoms with Crippen LogP contribution >= 0.6 is 0 Å². The van der Waals surface area contributed by atoms with Crippen LogP contribution in [0.25, 0.3) is 0 Å². The van der Waals surface area contributed by atoms with Crippen molar-refractivity contribution in [1.82, 2.24) is 5.32 Å². The summed E-state index contributed by atoms with van der Waals surface area (Å²) in [5.41, 5.74) is 0.785. The van der Waals surface area contributed by atoms with Crippen LogP contribution in [0.15, 0.2) is 11.6 Å². The summed E-state index contributed by atoms with van der Waals surface area (Å²) >= 11 is 0. The Morgan fingerprint density at radius 2 is 2.16 bits per heavy atom. The number of esters is 1. The van der Waals surface area contributed by atoms with Gasteiger partial charge in [-0.25, -0.2) is 0 Å². The number of hydrogen-bond acceptors (Lipinski definition) is 4. The van der Waals surface area contributed by atoms with Crippen molar-refractivity contribution in [3.05, 3.63) is 11.6 Å². The van der Waals surface area contributed by atoms with Crippen LogP contribution < -0.4 is 5.32 Å². The SMILES string of the molecule is COC(=O)CC(NC(=O)C1=CC2CCC1C2)C(C)=O. The van der Waals surface area contributed by atoms with Crippen molar-refractivity contribution in [2.45, 2.75) is 38.6 Å². The van der Waals surface area contributed by atoms with Crippen LogP contribution in [0, 0.1) is 11.8 Å². The summed E-state index contributed by atoms with van der Waals surface area (Å²) in [7, 11) is 1.26. The molecule has 0 aromatic rings. The first-order valence-electron chi connectivity index (χ1n) is 6.61. The smallest absolute Gasteiger partial charge is 0.308 e. The van der Waals surface area contributed by atoms with Crippen LogP contribution in [0.3, 0.4) is 0 Å². The molecule has 2 rings (SSSR count). The Hall–Kier alpha value is -1.65. The van der Waals surface area contributed by atoms with Gasteiger partial charge in [-0.15, -0.1) is 0 Å². The highest BCUT2D eigenvalue weighted by molar-refractivity contribution is 5.98. The minimum Gasteiger partial charge on any atom is -0.469 e. The zero-order valence-corrected chi connectivity index (χ0v) is 11.3. The Kier molecular flexibility index (Phi) is 4.02. The quantitative estimate of drug-likeness (QED) is 0.752. The van der Waals surface area contributed by atoms with Crippen molar-refractivity contribution in [2.75, 3.05) is 7.11 Å². The molecule has 3 unspecified atom stereocenters. The highest BCUT2D eigenvalue weighted by Crippen LogP contribution is 2.43. The number of fused-ring (bicyclic) bond motifs is 2. The molecular formula is C14H19NO4. The average Bonchev–Trinajstić information content (AvgIpc) is 2.99. The third-order valence-corrected chi connectivity index (χ3v) is 3.98. The van der Waals surface area contributed by atoms with Crippen LogP contribution in [-0.4, -0.2) is 30.8 Å². The Morgan fingerprint density at radius 1 is 1.42 bits per heavy atom. The second kappa shape index (κ2) is 5.55. The van der Waals surface area contributed by atoms with Gasteiger partial charge in [-0.1, -0.05) is 6.08 Å². The Morgan fingerprint density at radius 3 is 2.63 bits per heavy atom. The first kappa shape index (κ1) is 13.8. The molecule has 1 N–H and O–H groups in total. The highest BCUT2D eigenvalue weighted by Gasteiger charge is 2.36. The lowest BCUT2D eigenvalue weighted by atomic mass is 9.97. The maximum absolute atomic E-state index is 12.1. The van der Waals surface area contributed by atoms with Gasteiger partial charge in [-0.2, -0.15) is 0 Å². The number of methoxy groups -OCH3 is 1. The molecule has 19 heavy (non-hydrogen) atoms. The number of ketones is 1. The number of ether oxygens (including phenoxy) is 1. The first-order chi connectivity index (χ1) is 9.01. The molecule has 0 aliphatic heterocycles. The predicted molar refractivity (Wildman–Crippen MR) is 68.2 cm³/mol. The van der Waals surface area contributed by atoms with Gasteiger partial charge in [0.1, 0.15) is 0 Å². The van der Waals surface area contributed by atoms with Crippen molar-refractivity contribution >= 4 is 17.7 Å². The molecule has 3 atom stereocenters. The van der Waals surface area contributed by atoms with Crippen LogP contribution in [0.5, 0.6) is 0 Å². The van der Waals surface area contributed by atoms with Crippen molar-refractivity contribution in [3.63, 3.8) is 0 Å². The van der Waals surface area contributed by atoms with E-state index in [9.17, 15) is 14.4 Å². The van der Waals surface area contributed by atoms with Crippen LogP contribution in [0.1, 0.15) is 32.6 Å². The summed E-state index contributed by atoms with van der Waals surface area (Å²) in [4.78, 5) is 34.8. The van der Waals surface area contributed by atoms with Gasteiger partial charge in [-0.3, -0.25) is 14.4 Å². The van der Waals surface area contributed by atoms with Gasteiger partial charge in [0, 0.05) is 5.57 Å². The van der Waals surface area contributed by atoms with Crippen molar-refractivity contribution < 1.29 is 19.1 Å². The monoisotopic (exact) mass is 265 g/mol. The molecule has 0 aromatic heterocycles. The molecule has 1 saturated carbocycles. The molecule has 0 spiro atoms. The fraction of sp³-hybridized carbons (Fsp3) is 0.643. The van der Waals surface area contributed by atoms with Gasteiger partial charge in [0.15, 0.2) is 5.78 Å². The first-order valence-corrected chi connectivity index (χ1v) is 6.61. The van der Waals surface area contributed by atoms with E-state index in [1.54, 1.807) is 0 Å². The van der Waals surface area contributed by atoms with E-state index in [1.807, 2.05) is 6.08 Å². The third kappa shape index (κ3) is 3.03. The van der Waals surface area contributed by atoms with Crippen LogP contribution in [-0.2, 0) is 19.1 Å². The van der Waals surface area contributed by atoms with E-state index in [4.69, 9.17) is 0 Å². The molecule has 0 saturated heterocycles. The summed E-state index contributed by atoms with van der Waals surface area (Å²) in [5, 5.41) is 2.65. The lowest BCUT2D eigenvalue weighted by molar-refractivity contribution is -0.143. The van der Waals surface area contributed by atoms with Gasteiger partial charge in [-0.05, 0) is 38.0 Å². The van der Waals surface area contributed by atoms with Crippen LogP contribution in [0.2, 0.25) is 0 Å². The average molecular weight is 265 g/mol. The molecule has 0 aromatic carbocycles. The number of rotatable bonds is 5. The van der Waals surface area contributed by atoms with Gasteiger partial charge in [0.2, 0.25) is 5.91 Å². The van der Waals surface area contributed by atoms with Crippen molar-refractivity contribution in [3.8, 4) is 0 Å². The van der Waals surface area contributed by atoms with E-state index < -0.39 is 12.0 Å². The molecule has 104 valence electrons. The summed E-state index contributed by atoms with van der Waals surface area (Å²) in [6.07, 6.45) is 5.15. The molecule has 2 aliphatic rings. The van der Waals surface area contributed by atoms with Crippen LogP contribution in [0.4, 0.5) is 0 Å². The fourth-order valence-electron chi connectivity index (χ4n) is 2.89. The van der Waals surface area contributed by atoms with Crippen molar-refractivity contribution in [1.29, 1.82) is 0 Å². The minimum absolute atomic E-state index is 0.112. The normalized spacial score (nSPS) is 25.7. The summed E-state index contributed by atoms with van der Waals surface area (Å²) in [6.45, 7) is 1.36. The van der Waals surface area contributed by atoms with E-state index in [2.05, 4.69) is 10.1 Å². The van der Waals surface area contributed by atoms with Gasteiger partial charge in [0.25, 0.3) is 0 Å². The Bertz CT molecular complexity index is 441. The zero-order chi connectivity index (χ0) is 14.0. The lowest BCUT2D eigenvalue weighted by Gasteiger charge is -2.18. The maximum atomic E-state index is 12.1. The Labute approximate surface area is 112 Å². The van der Waals surface area contributed by atoms with E-state index in [-0.39, 0.29) is 18.1 Å².